The minimum absolute atomic E-state index is 0. The van der Waals surface area contributed by atoms with Crippen LogP contribution in [-0.2, 0) is 0 Å². The zero-order valence-electron chi connectivity index (χ0n) is 5.83. The molecule has 0 fully saturated rings. The third-order valence-electron chi connectivity index (χ3n) is 0.940. The molecule has 2 heteroatoms. The van der Waals surface area contributed by atoms with E-state index in [1.807, 2.05) is 18.2 Å². The van der Waals surface area contributed by atoms with Crippen molar-refractivity contribution in [3.8, 4) is 0 Å². The molecule has 0 bridgehead atoms. The molecular weight excluding hydrogens is 107 g/mol. The van der Waals surface area contributed by atoms with Crippen LogP contribution in [-0.4, -0.2) is 5.48 Å². The summed E-state index contributed by atoms with van der Waals surface area (Å²) in [5.41, 5.74) is 1.32. The van der Waals surface area contributed by atoms with Gasteiger partial charge in [0.25, 0.3) is 0 Å². The maximum atomic E-state index is 2.08. The van der Waals surface area contributed by atoms with Gasteiger partial charge in [-0.05, 0) is 6.92 Å². The van der Waals surface area contributed by atoms with E-state index >= 15 is 0 Å². The molecule has 0 saturated heterocycles. The monoisotopic (exact) mass is 116 g/mol. The molecule has 0 unspecified atom stereocenters. The first-order valence-corrected chi connectivity index (χ1v) is 2.41. The summed E-state index contributed by atoms with van der Waals surface area (Å²) in [5.74, 6) is 0. The van der Waals surface area contributed by atoms with Crippen molar-refractivity contribution in [1.29, 1.82) is 0 Å². The molecule has 0 amide bonds. The van der Waals surface area contributed by atoms with Gasteiger partial charge in [0.1, 0.15) is 0 Å². The molecule has 9 heavy (non-hydrogen) atoms. The SMILES string of the molecule is Cc1ccccc1.[Li+].[OH-]. The fourth-order valence-electron chi connectivity index (χ4n) is 0.534. The Morgan fingerprint density at radius 2 is 1.44 bits per heavy atom. The minimum Gasteiger partial charge on any atom is -0.870 e. The summed E-state index contributed by atoms with van der Waals surface area (Å²) >= 11 is 0. The maximum absolute atomic E-state index is 2.08. The van der Waals surface area contributed by atoms with Gasteiger partial charge in [-0.1, -0.05) is 35.9 Å². The quantitative estimate of drug-likeness (QED) is 0.392. The van der Waals surface area contributed by atoms with Crippen LogP contribution >= 0.6 is 0 Å². The van der Waals surface area contributed by atoms with Gasteiger partial charge in [0.15, 0.2) is 0 Å². The number of aryl methyl sites for hydroxylation is 1. The Bertz CT molecular complexity index is 139. The normalized spacial score (nSPS) is 6.78. The number of rotatable bonds is 0. The van der Waals surface area contributed by atoms with Crippen LogP contribution in [0.1, 0.15) is 5.56 Å². The van der Waals surface area contributed by atoms with Crippen molar-refractivity contribution < 1.29 is 24.3 Å². The molecule has 0 aliphatic rings. The fourth-order valence-corrected chi connectivity index (χ4v) is 0.534. The first-order chi connectivity index (χ1) is 3.39. The van der Waals surface area contributed by atoms with Crippen LogP contribution in [0, 0.1) is 6.92 Å². The van der Waals surface area contributed by atoms with Crippen LogP contribution in [0.2, 0.25) is 0 Å². The molecule has 0 atom stereocenters. The van der Waals surface area contributed by atoms with E-state index in [1.165, 1.54) is 5.56 Å². The van der Waals surface area contributed by atoms with Gasteiger partial charge in [-0.15, -0.1) is 0 Å². The molecule has 1 aromatic carbocycles. The van der Waals surface area contributed by atoms with E-state index in [4.69, 9.17) is 0 Å². The Kier molecular flexibility index (Phi) is 7.59. The minimum atomic E-state index is 0. The van der Waals surface area contributed by atoms with Gasteiger partial charge in [0.05, 0.1) is 0 Å². The number of benzene rings is 1. The topological polar surface area (TPSA) is 30.0 Å². The maximum Gasteiger partial charge on any atom is 1.00 e. The molecule has 0 spiro atoms. The van der Waals surface area contributed by atoms with E-state index in [-0.39, 0.29) is 24.3 Å². The molecule has 0 aromatic heterocycles. The standard InChI is InChI=1S/C7H8.Li.H2O/c1-7-5-3-2-4-6-7;;/h2-6H,1H3;;1H2/q;+1;/p-1. The number of hydrogen-bond acceptors (Lipinski definition) is 1. The van der Waals surface area contributed by atoms with Crippen molar-refractivity contribution in [2.24, 2.45) is 0 Å². The van der Waals surface area contributed by atoms with Gasteiger partial charge < -0.3 is 5.48 Å². The fraction of sp³-hybridized carbons (Fsp3) is 0.143. The molecule has 0 heterocycles. The van der Waals surface area contributed by atoms with Gasteiger partial charge in [-0.25, -0.2) is 0 Å². The number of hydrogen-bond donors (Lipinski definition) is 0. The zero-order chi connectivity index (χ0) is 5.11. The average Bonchev–Trinajstić information content (AvgIpc) is 1.69. The molecule has 1 N–H and O–H groups in total. The van der Waals surface area contributed by atoms with Crippen molar-refractivity contribution in [2.75, 3.05) is 0 Å². The molecule has 44 valence electrons. The molecule has 1 nitrogen and oxygen atoms in total. The van der Waals surface area contributed by atoms with Crippen LogP contribution in [0.15, 0.2) is 30.3 Å². The van der Waals surface area contributed by atoms with Crippen LogP contribution in [0.4, 0.5) is 0 Å². The summed E-state index contributed by atoms with van der Waals surface area (Å²) in [6, 6.07) is 10.3. The summed E-state index contributed by atoms with van der Waals surface area (Å²) in [6.07, 6.45) is 0. The molecule has 0 radical (unpaired) electrons. The summed E-state index contributed by atoms with van der Waals surface area (Å²) < 4.78 is 0. The Balaban J connectivity index is 0. The van der Waals surface area contributed by atoms with E-state index in [2.05, 4.69) is 19.1 Å². The van der Waals surface area contributed by atoms with Crippen molar-refractivity contribution in [1.82, 2.24) is 0 Å². The summed E-state index contributed by atoms with van der Waals surface area (Å²) in [6.45, 7) is 2.08. The molecule has 0 aliphatic heterocycles. The summed E-state index contributed by atoms with van der Waals surface area (Å²) in [5, 5.41) is 0. The first kappa shape index (κ1) is 11.6. The Hall–Kier alpha value is -0.223. The molecule has 0 saturated carbocycles. The third-order valence-corrected chi connectivity index (χ3v) is 0.940. The second-order valence-electron chi connectivity index (χ2n) is 1.65. The predicted octanol–water partition coefficient (Wildman–Crippen LogP) is -1.18. The van der Waals surface area contributed by atoms with Gasteiger partial charge in [-0.3, -0.25) is 0 Å². The largest absolute Gasteiger partial charge is 1.00 e. The van der Waals surface area contributed by atoms with E-state index in [1.54, 1.807) is 0 Å². The summed E-state index contributed by atoms with van der Waals surface area (Å²) in [4.78, 5) is 0. The van der Waals surface area contributed by atoms with Gasteiger partial charge in [-0.2, -0.15) is 0 Å². The predicted molar refractivity (Wildman–Crippen MR) is 33.1 cm³/mol. The van der Waals surface area contributed by atoms with Crippen LogP contribution < -0.4 is 18.9 Å². The van der Waals surface area contributed by atoms with Crippen molar-refractivity contribution in [3.05, 3.63) is 35.9 Å². The van der Waals surface area contributed by atoms with E-state index < -0.39 is 0 Å². The molecular formula is C7H9LiO. The Morgan fingerprint density at radius 3 is 1.67 bits per heavy atom. The van der Waals surface area contributed by atoms with Crippen LogP contribution in [0.5, 0.6) is 0 Å². The van der Waals surface area contributed by atoms with Gasteiger partial charge in [0, 0.05) is 0 Å². The van der Waals surface area contributed by atoms with Crippen LogP contribution in [0.3, 0.4) is 0 Å². The molecule has 1 rings (SSSR count). The average molecular weight is 116 g/mol. The second kappa shape index (κ2) is 5.91. The van der Waals surface area contributed by atoms with Crippen molar-refractivity contribution >= 4 is 0 Å². The van der Waals surface area contributed by atoms with Crippen molar-refractivity contribution in [2.45, 2.75) is 6.92 Å². The second-order valence-corrected chi connectivity index (χ2v) is 1.65. The molecule has 0 aliphatic carbocycles. The van der Waals surface area contributed by atoms with Gasteiger partial charge >= 0.3 is 18.9 Å². The summed E-state index contributed by atoms with van der Waals surface area (Å²) in [7, 11) is 0. The zero-order valence-corrected chi connectivity index (χ0v) is 5.83. The van der Waals surface area contributed by atoms with E-state index in [9.17, 15) is 0 Å². The molecule has 1 aromatic rings. The van der Waals surface area contributed by atoms with Crippen LogP contribution in [0.25, 0.3) is 0 Å². The third kappa shape index (κ3) is 4.29. The smallest absolute Gasteiger partial charge is 0.870 e. The van der Waals surface area contributed by atoms with Gasteiger partial charge in [0.2, 0.25) is 0 Å². The van der Waals surface area contributed by atoms with E-state index in [0.717, 1.165) is 0 Å². The van der Waals surface area contributed by atoms with Crippen molar-refractivity contribution in [3.63, 3.8) is 0 Å². The van der Waals surface area contributed by atoms with E-state index in [0.29, 0.717) is 0 Å². The first-order valence-electron chi connectivity index (χ1n) is 2.41. The Labute approximate surface area is 67.6 Å². The Morgan fingerprint density at radius 1 is 1.00 bits per heavy atom.